The normalized spacial score (nSPS) is 16.0. The van der Waals surface area contributed by atoms with Gasteiger partial charge in [0.05, 0.1) is 12.3 Å². The van der Waals surface area contributed by atoms with E-state index in [0.717, 1.165) is 5.56 Å². The summed E-state index contributed by atoms with van der Waals surface area (Å²) in [5.41, 5.74) is 2.19. The highest BCUT2D eigenvalue weighted by Crippen LogP contribution is 2.33. The summed E-state index contributed by atoms with van der Waals surface area (Å²) in [7, 11) is 0. The molecule has 0 radical (unpaired) electrons. The summed E-state index contributed by atoms with van der Waals surface area (Å²) in [5.74, 6) is 0.0943. The zero-order chi connectivity index (χ0) is 18.5. The number of rotatable bonds is 6. The molecule has 136 valence electrons. The molecule has 0 bridgehead atoms. The second kappa shape index (κ2) is 8.01. The fraction of sp³-hybridized carbons (Fsp3) is 0.300. The Bertz CT molecular complexity index is 806. The molecule has 1 aliphatic rings. The van der Waals surface area contributed by atoms with Gasteiger partial charge in [0.15, 0.2) is 6.10 Å². The Hall–Kier alpha value is -2.86. The minimum absolute atomic E-state index is 0.0769. The number of carbonyl (C=O) groups is 2. The van der Waals surface area contributed by atoms with Crippen LogP contribution in [0.25, 0.3) is 0 Å². The maximum absolute atomic E-state index is 12.6. The van der Waals surface area contributed by atoms with Crippen molar-refractivity contribution in [3.05, 3.63) is 54.1 Å². The van der Waals surface area contributed by atoms with Crippen LogP contribution in [0.5, 0.6) is 5.75 Å². The molecule has 1 aliphatic heterocycles. The molecule has 0 saturated carbocycles. The van der Waals surface area contributed by atoms with Gasteiger partial charge in [-0.25, -0.2) is 0 Å². The number of hydrogen-bond donors (Lipinski definition) is 1. The highest BCUT2D eigenvalue weighted by Gasteiger charge is 2.32. The monoisotopic (exact) mass is 354 g/mol. The third kappa shape index (κ3) is 3.86. The SMILES string of the molecule is CCOCc1ccccc1NC(=O)CN1C(=O)C(C)Oc2ccccc21. The van der Waals surface area contributed by atoms with E-state index in [4.69, 9.17) is 9.47 Å². The van der Waals surface area contributed by atoms with Crippen LogP contribution in [0.4, 0.5) is 11.4 Å². The van der Waals surface area contributed by atoms with Gasteiger partial charge in [0.2, 0.25) is 5.91 Å². The number of nitrogens with zero attached hydrogens (tertiary/aromatic N) is 1. The van der Waals surface area contributed by atoms with Gasteiger partial charge in [0, 0.05) is 17.9 Å². The maximum Gasteiger partial charge on any atom is 0.268 e. The van der Waals surface area contributed by atoms with E-state index in [1.165, 1.54) is 4.90 Å². The van der Waals surface area contributed by atoms with E-state index in [-0.39, 0.29) is 18.4 Å². The average molecular weight is 354 g/mol. The molecule has 2 aromatic rings. The smallest absolute Gasteiger partial charge is 0.268 e. The zero-order valence-electron chi connectivity index (χ0n) is 14.9. The Labute approximate surface area is 152 Å². The molecule has 6 nitrogen and oxygen atoms in total. The van der Waals surface area contributed by atoms with E-state index in [1.54, 1.807) is 19.1 Å². The van der Waals surface area contributed by atoms with Crippen LogP contribution < -0.4 is 15.0 Å². The quantitative estimate of drug-likeness (QED) is 0.866. The third-order valence-electron chi connectivity index (χ3n) is 4.13. The molecule has 0 aromatic heterocycles. The van der Waals surface area contributed by atoms with Gasteiger partial charge in [0.1, 0.15) is 12.3 Å². The number of para-hydroxylation sites is 3. The van der Waals surface area contributed by atoms with Crippen LogP contribution in [0, 0.1) is 0 Å². The highest BCUT2D eigenvalue weighted by atomic mass is 16.5. The molecule has 1 unspecified atom stereocenters. The van der Waals surface area contributed by atoms with Crippen molar-refractivity contribution in [2.24, 2.45) is 0 Å². The van der Waals surface area contributed by atoms with E-state index in [9.17, 15) is 9.59 Å². The van der Waals surface area contributed by atoms with E-state index in [2.05, 4.69) is 5.32 Å². The number of fused-ring (bicyclic) bond motifs is 1. The molecule has 3 rings (SSSR count). The molecule has 2 amide bonds. The van der Waals surface area contributed by atoms with E-state index in [0.29, 0.717) is 30.3 Å². The van der Waals surface area contributed by atoms with Crippen LogP contribution in [0.15, 0.2) is 48.5 Å². The first-order chi connectivity index (χ1) is 12.6. The van der Waals surface area contributed by atoms with Crippen molar-refractivity contribution >= 4 is 23.2 Å². The van der Waals surface area contributed by atoms with Gasteiger partial charge < -0.3 is 14.8 Å². The first-order valence-corrected chi connectivity index (χ1v) is 8.62. The van der Waals surface area contributed by atoms with E-state index < -0.39 is 6.10 Å². The van der Waals surface area contributed by atoms with Gasteiger partial charge in [-0.2, -0.15) is 0 Å². The summed E-state index contributed by atoms with van der Waals surface area (Å²) in [5, 5.41) is 2.88. The van der Waals surface area contributed by atoms with Gasteiger partial charge >= 0.3 is 0 Å². The number of anilines is 2. The standard InChI is InChI=1S/C20H22N2O4/c1-3-25-13-15-8-4-5-9-16(15)21-19(23)12-22-17-10-6-7-11-18(17)26-14(2)20(22)24/h4-11,14H,3,12-13H2,1-2H3,(H,21,23). The minimum atomic E-state index is -0.622. The fourth-order valence-corrected chi connectivity index (χ4v) is 2.84. The molecule has 0 fully saturated rings. The molecule has 2 aromatic carbocycles. The lowest BCUT2D eigenvalue weighted by Gasteiger charge is -2.32. The lowest BCUT2D eigenvalue weighted by atomic mass is 10.1. The van der Waals surface area contributed by atoms with Crippen LogP contribution in [-0.4, -0.2) is 31.1 Å². The molecular formula is C20H22N2O4. The summed E-state index contributed by atoms with van der Waals surface area (Å²) in [6.45, 7) is 4.54. The van der Waals surface area contributed by atoms with Crippen molar-refractivity contribution in [1.82, 2.24) is 0 Å². The summed E-state index contributed by atoms with van der Waals surface area (Å²) in [6, 6.07) is 14.7. The Morgan fingerprint density at radius 2 is 1.92 bits per heavy atom. The number of hydrogen-bond acceptors (Lipinski definition) is 4. The number of nitrogens with one attached hydrogen (secondary N) is 1. The number of carbonyl (C=O) groups excluding carboxylic acids is 2. The number of amides is 2. The van der Waals surface area contributed by atoms with Gasteiger partial charge in [-0.1, -0.05) is 30.3 Å². The highest BCUT2D eigenvalue weighted by molar-refractivity contribution is 6.06. The Kier molecular flexibility index (Phi) is 5.53. The van der Waals surface area contributed by atoms with Gasteiger partial charge in [0.25, 0.3) is 5.91 Å². The molecule has 0 aliphatic carbocycles. The second-order valence-corrected chi connectivity index (χ2v) is 5.99. The lowest BCUT2D eigenvalue weighted by Crippen LogP contribution is -2.47. The van der Waals surface area contributed by atoms with Gasteiger partial charge in [-0.15, -0.1) is 0 Å². The molecule has 1 atom stereocenters. The number of ether oxygens (including phenoxy) is 2. The number of benzene rings is 2. The van der Waals surface area contributed by atoms with E-state index >= 15 is 0 Å². The third-order valence-corrected chi connectivity index (χ3v) is 4.13. The van der Waals surface area contributed by atoms with Gasteiger partial charge in [-0.3, -0.25) is 14.5 Å². The first kappa shape index (κ1) is 17.9. The van der Waals surface area contributed by atoms with Crippen LogP contribution >= 0.6 is 0 Å². The first-order valence-electron chi connectivity index (χ1n) is 8.62. The summed E-state index contributed by atoms with van der Waals surface area (Å²) in [6.07, 6.45) is -0.622. The predicted octanol–water partition coefficient (Wildman–Crippen LogP) is 2.98. The topological polar surface area (TPSA) is 67.9 Å². The summed E-state index contributed by atoms with van der Waals surface area (Å²) in [4.78, 5) is 26.5. The minimum Gasteiger partial charge on any atom is -0.479 e. The molecule has 1 heterocycles. The Morgan fingerprint density at radius 1 is 1.19 bits per heavy atom. The van der Waals surface area contributed by atoms with Crippen molar-refractivity contribution in [2.75, 3.05) is 23.4 Å². The second-order valence-electron chi connectivity index (χ2n) is 5.99. The van der Waals surface area contributed by atoms with E-state index in [1.807, 2.05) is 43.3 Å². The predicted molar refractivity (Wildman–Crippen MR) is 99.3 cm³/mol. The average Bonchev–Trinajstić information content (AvgIpc) is 2.64. The van der Waals surface area contributed by atoms with Crippen molar-refractivity contribution in [2.45, 2.75) is 26.6 Å². The van der Waals surface area contributed by atoms with Crippen LogP contribution in [0.1, 0.15) is 19.4 Å². The van der Waals surface area contributed by atoms with Crippen molar-refractivity contribution < 1.29 is 19.1 Å². The van der Waals surface area contributed by atoms with Crippen LogP contribution in [0.2, 0.25) is 0 Å². The summed E-state index contributed by atoms with van der Waals surface area (Å²) >= 11 is 0. The van der Waals surface area contributed by atoms with Crippen LogP contribution in [0.3, 0.4) is 0 Å². The lowest BCUT2D eigenvalue weighted by molar-refractivity contribution is -0.127. The zero-order valence-corrected chi connectivity index (χ0v) is 14.9. The maximum atomic E-state index is 12.6. The molecular weight excluding hydrogens is 332 g/mol. The molecule has 6 heteroatoms. The Morgan fingerprint density at radius 3 is 2.73 bits per heavy atom. The molecule has 0 spiro atoms. The summed E-state index contributed by atoms with van der Waals surface area (Å²) < 4.78 is 11.0. The van der Waals surface area contributed by atoms with Crippen molar-refractivity contribution in [3.63, 3.8) is 0 Å². The largest absolute Gasteiger partial charge is 0.479 e. The molecule has 0 saturated heterocycles. The van der Waals surface area contributed by atoms with Crippen molar-refractivity contribution in [1.29, 1.82) is 0 Å². The molecule has 1 N–H and O–H groups in total. The molecule has 26 heavy (non-hydrogen) atoms. The van der Waals surface area contributed by atoms with Crippen LogP contribution in [-0.2, 0) is 20.9 Å². The fourth-order valence-electron chi connectivity index (χ4n) is 2.84. The van der Waals surface area contributed by atoms with Crippen molar-refractivity contribution in [3.8, 4) is 5.75 Å². The Balaban J connectivity index is 1.75. The van der Waals surface area contributed by atoms with Gasteiger partial charge in [-0.05, 0) is 32.0 Å².